The van der Waals surface area contributed by atoms with E-state index in [4.69, 9.17) is 5.14 Å². The Morgan fingerprint density at radius 3 is 2.43 bits per heavy atom. The first-order valence-corrected chi connectivity index (χ1v) is 8.61. The van der Waals surface area contributed by atoms with E-state index < -0.39 is 10.0 Å². The fraction of sp³-hybridized carbons (Fsp3) is 0.533. The number of hydrogen-bond donors (Lipinski definition) is 2. The Hall–Kier alpha value is -1.40. The zero-order valence-electron chi connectivity index (χ0n) is 12.6. The molecule has 5 nitrogen and oxygen atoms in total. The minimum atomic E-state index is -3.81. The Labute approximate surface area is 126 Å². The van der Waals surface area contributed by atoms with E-state index in [-0.39, 0.29) is 16.2 Å². The van der Waals surface area contributed by atoms with E-state index in [1.807, 2.05) is 0 Å². The van der Waals surface area contributed by atoms with Crippen LogP contribution < -0.4 is 10.5 Å². The minimum Gasteiger partial charge on any atom is -0.351 e. The first kappa shape index (κ1) is 16.0. The van der Waals surface area contributed by atoms with Crippen molar-refractivity contribution in [1.82, 2.24) is 5.32 Å². The zero-order valence-corrected chi connectivity index (χ0v) is 13.5. The third-order valence-corrected chi connectivity index (χ3v) is 5.25. The molecule has 1 amide bonds. The molecule has 1 aliphatic rings. The maximum Gasteiger partial charge on any atom is 0.251 e. The van der Waals surface area contributed by atoms with Gasteiger partial charge in [0, 0.05) is 12.1 Å². The summed E-state index contributed by atoms with van der Waals surface area (Å²) in [6.07, 6.45) is 2.25. The average molecular weight is 310 g/mol. The summed E-state index contributed by atoms with van der Waals surface area (Å²) in [4.78, 5) is 12.2. The number of carbonyl (C=O) groups is 1. The van der Waals surface area contributed by atoms with E-state index in [9.17, 15) is 13.2 Å². The number of primary sulfonamides is 1. The molecule has 0 saturated heterocycles. The molecular formula is C15H22N2O3S. The normalized spacial score (nSPS) is 16.8. The van der Waals surface area contributed by atoms with Crippen molar-refractivity contribution in [3.8, 4) is 0 Å². The summed E-state index contributed by atoms with van der Waals surface area (Å²) in [5, 5.41) is 8.04. The van der Waals surface area contributed by atoms with E-state index in [0.29, 0.717) is 23.6 Å². The lowest BCUT2D eigenvalue weighted by Crippen LogP contribution is -2.32. The summed E-state index contributed by atoms with van der Waals surface area (Å²) in [6, 6.07) is 4.45. The molecule has 6 heteroatoms. The highest BCUT2D eigenvalue weighted by Gasteiger charge is 2.45. The van der Waals surface area contributed by atoms with Crippen LogP contribution in [0.5, 0.6) is 0 Å². The molecule has 0 spiro atoms. The molecular weight excluding hydrogens is 288 g/mol. The third kappa shape index (κ3) is 3.63. The predicted molar refractivity (Wildman–Crippen MR) is 81.4 cm³/mol. The molecule has 3 N–H and O–H groups in total. The standard InChI is InChI=1S/C15H22N2O3S/c1-10(2)15(4-5-15)9-17-14(18)12-6-11(3)7-13(8-12)21(16,19)20/h6-8,10H,4-5,9H2,1-3H3,(H,17,18)(H2,16,19,20). The van der Waals surface area contributed by atoms with Crippen LogP contribution in [0.15, 0.2) is 23.1 Å². The fourth-order valence-electron chi connectivity index (χ4n) is 2.52. The Morgan fingerprint density at radius 2 is 1.95 bits per heavy atom. The minimum absolute atomic E-state index is 0.0300. The Bertz CT molecular complexity index is 661. The van der Waals surface area contributed by atoms with Crippen LogP contribution in [0.1, 0.15) is 42.6 Å². The van der Waals surface area contributed by atoms with Crippen molar-refractivity contribution in [3.63, 3.8) is 0 Å². The van der Waals surface area contributed by atoms with Crippen LogP contribution in [0.2, 0.25) is 0 Å². The van der Waals surface area contributed by atoms with Crippen molar-refractivity contribution in [2.75, 3.05) is 6.54 Å². The van der Waals surface area contributed by atoms with Crippen LogP contribution in [0, 0.1) is 18.3 Å². The van der Waals surface area contributed by atoms with E-state index in [2.05, 4.69) is 19.2 Å². The van der Waals surface area contributed by atoms with Gasteiger partial charge in [-0.25, -0.2) is 13.6 Å². The molecule has 0 aromatic heterocycles. The molecule has 116 valence electrons. The maximum atomic E-state index is 12.2. The first-order valence-electron chi connectivity index (χ1n) is 7.07. The van der Waals surface area contributed by atoms with E-state index in [1.165, 1.54) is 12.1 Å². The van der Waals surface area contributed by atoms with Crippen LogP contribution in [-0.4, -0.2) is 20.9 Å². The van der Waals surface area contributed by atoms with Crippen molar-refractivity contribution in [2.45, 2.75) is 38.5 Å². The number of sulfonamides is 1. The Balaban J connectivity index is 2.15. The van der Waals surface area contributed by atoms with Crippen molar-refractivity contribution < 1.29 is 13.2 Å². The SMILES string of the molecule is Cc1cc(C(=O)NCC2(C(C)C)CC2)cc(S(N)(=O)=O)c1. The molecule has 21 heavy (non-hydrogen) atoms. The second-order valence-electron chi connectivity index (χ2n) is 6.28. The van der Waals surface area contributed by atoms with Gasteiger partial charge in [-0.3, -0.25) is 4.79 Å². The monoisotopic (exact) mass is 310 g/mol. The molecule has 0 bridgehead atoms. The highest BCUT2D eigenvalue weighted by Crippen LogP contribution is 2.51. The molecule has 2 rings (SSSR count). The zero-order chi connectivity index (χ0) is 15.8. The highest BCUT2D eigenvalue weighted by molar-refractivity contribution is 7.89. The summed E-state index contributed by atoms with van der Waals surface area (Å²) in [5.74, 6) is 0.269. The van der Waals surface area contributed by atoms with Gasteiger partial charge in [0.1, 0.15) is 0 Å². The van der Waals surface area contributed by atoms with E-state index >= 15 is 0 Å². The molecule has 1 aliphatic carbocycles. The van der Waals surface area contributed by atoms with Crippen LogP contribution in [0.25, 0.3) is 0 Å². The molecule has 0 aliphatic heterocycles. The highest BCUT2D eigenvalue weighted by atomic mass is 32.2. The lowest BCUT2D eigenvalue weighted by Gasteiger charge is -2.20. The van der Waals surface area contributed by atoms with E-state index in [0.717, 1.165) is 12.8 Å². The molecule has 0 heterocycles. The molecule has 1 saturated carbocycles. The molecule has 1 aromatic rings. The van der Waals surface area contributed by atoms with Crippen LogP contribution in [0.3, 0.4) is 0 Å². The topological polar surface area (TPSA) is 89.3 Å². The fourth-order valence-corrected chi connectivity index (χ4v) is 3.16. The maximum absolute atomic E-state index is 12.2. The number of rotatable bonds is 5. The summed E-state index contributed by atoms with van der Waals surface area (Å²) in [7, 11) is -3.81. The largest absolute Gasteiger partial charge is 0.351 e. The van der Waals surface area contributed by atoms with Crippen molar-refractivity contribution >= 4 is 15.9 Å². The molecule has 0 radical (unpaired) electrons. The van der Waals surface area contributed by atoms with Gasteiger partial charge in [0.2, 0.25) is 10.0 Å². The predicted octanol–water partition coefficient (Wildman–Crippen LogP) is 1.81. The van der Waals surface area contributed by atoms with Crippen molar-refractivity contribution in [2.24, 2.45) is 16.5 Å². The lowest BCUT2D eigenvalue weighted by molar-refractivity contribution is 0.0939. The number of aryl methyl sites for hydroxylation is 1. The number of nitrogens with one attached hydrogen (secondary N) is 1. The number of amides is 1. The third-order valence-electron chi connectivity index (χ3n) is 4.36. The van der Waals surface area contributed by atoms with Gasteiger partial charge in [-0.15, -0.1) is 0 Å². The van der Waals surface area contributed by atoms with Gasteiger partial charge in [-0.05, 0) is 54.9 Å². The van der Waals surface area contributed by atoms with Gasteiger partial charge >= 0.3 is 0 Å². The quantitative estimate of drug-likeness (QED) is 0.869. The summed E-state index contributed by atoms with van der Waals surface area (Å²) < 4.78 is 22.8. The smallest absolute Gasteiger partial charge is 0.251 e. The molecule has 1 fully saturated rings. The van der Waals surface area contributed by atoms with Crippen LogP contribution in [0.4, 0.5) is 0 Å². The number of hydrogen-bond acceptors (Lipinski definition) is 3. The van der Waals surface area contributed by atoms with Crippen molar-refractivity contribution in [1.29, 1.82) is 0 Å². The summed E-state index contributed by atoms with van der Waals surface area (Å²) in [6.45, 7) is 6.68. The van der Waals surface area contributed by atoms with Crippen LogP contribution in [-0.2, 0) is 10.0 Å². The van der Waals surface area contributed by atoms with Crippen LogP contribution >= 0.6 is 0 Å². The number of benzene rings is 1. The summed E-state index contributed by atoms with van der Waals surface area (Å²) >= 11 is 0. The number of carbonyl (C=O) groups excluding carboxylic acids is 1. The van der Waals surface area contributed by atoms with Crippen molar-refractivity contribution in [3.05, 3.63) is 29.3 Å². The van der Waals surface area contributed by atoms with Gasteiger partial charge in [0.15, 0.2) is 0 Å². The van der Waals surface area contributed by atoms with Gasteiger partial charge in [0.25, 0.3) is 5.91 Å². The van der Waals surface area contributed by atoms with E-state index in [1.54, 1.807) is 13.0 Å². The molecule has 1 aromatic carbocycles. The Morgan fingerprint density at radius 1 is 1.33 bits per heavy atom. The second kappa shape index (κ2) is 5.42. The molecule has 0 unspecified atom stereocenters. The number of nitrogens with two attached hydrogens (primary N) is 1. The van der Waals surface area contributed by atoms with Gasteiger partial charge in [-0.2, -0.15) is 0 Å². The second-order valence-corrected chi connectivity index (χ2v) is 7.84. The average Bonchev–Trinajstić information content (AvgIpc) is 3.15. The Kier molecular flexibility index (Phi) is 4.13. The van der Waals surface area contributed by atoms with Gasteiger partial charge in [-0.1, -0.05) is 13.8 Å². The first-order chi connectivity index (χ1) is 9.64. The molecule has 0 atom stereocenters. The van der Waals surface area contributed by atoms with Gasteiger partial charge < -0.3 is 5.32 Å². The summed E-state index contributed by atoms with van der Waals surface area (Å²) in [5.41, 5.74) is 1.23. The van der Waals surface area contributed by atoms with Gasteiger partial charge in [0.05, 0.1) is 4.90 Å². The lowest BCUT2D eigenvalue weighted by atomic mass is 9.92.